The van der Waals surface area contributed by atoms with Crippen molar-refractivity contribution in [2.45, 2.75) is 0 Å². The first-order valence-corrected chi connectivity index (χ1v) is 9.67. The zero-order valence-corrected chi connectivity index (χ0v) is 17.1. The second-order valence-electron chi connectivity index (χ2n) is 7.28. The predicted octanol–water partition coefficient (Wildman–Crippen LogP) is 3.88. The molecule has 0 aliphatic carbocycles. The Morgan fingerprint density at radius 3 is 2.71 bits per heavy atom. The molecule has 4 rings (SSSR count). The predicted molar refractivity (Wildman–Crippen MR) is 119 cm³/mol. The van der Waals surface area contributed by atoms with Crippen molar-refractivity contribution in [1.82, 2.24) is 24.8 Å². The van der Waals surface area contributed by atoms with Gasteiger partial charge in [0.15, 0.2) is 0 Å². The highest BCUT2D eigenvalue weighted by atomic mass is 19.1. The minimum atomic E-state index is -0.523. The lowest BCUT2D eigenvalue weighted by molar-refractivity contribution is -0.111. The van der Waals surface area contributed by atoms with Gasteiger partial charge >= 0.3 is 0 Å². The fourth-order valence-electron chi connectivity index (χ4n) is 3.15. The van der Waals surface area contributed by atoms with Crippen molar-refractivity contribution < 1.29 is 9.18 Å². The van der Waals surface area contributed by atoms with E-state index in [1.807, 2.05) is 37.3 Å². The number of likely N-dealkylation sites (N-methyl/N-ethyl adjacent to an activating group) is 1. The summed E-state index contributed by atoms with van der Waals surface area (Å²) in [5.41, 5.74) is 4.12. The maximum absolute atomic E-state index is 13.2. The highest BCUT2D eigenvalue weighted by molar-refractivity contribution is 5.99. The molecule has 0 aromatic carbocycles. The number of halogens is 1. The number of aromatic amines is 1. The van der Waals surface area contributed by atoms with Crippen LogP contribution in [0.25, 0.3) is 33.3 Å². The normalized spacial score (nSPS) is 11.5. The third-order valence-corrected chi connectivity index (χ3v) is 4.65. The molecule has 4 aromatic rings. The van der Waals surface area contributed by atoms with E-state index in [-0.39, 0.29) is 5.91 Å². The number of anilines is 1. The Hall–Kier alpha value is -3.91. The van der Waals surface area contributed by atoms with Crippen LogP contribution in [0.4, 0.5) is 10.2 Å². The zero-order valence-electron chi connectivity index (χ0n) is 17.1. The van der Waals surface area contributed by atoms with Gasteiger partial charge in [-0.1, -0.05) is 6.08 Å². The monoisotopic (exact) mass is 416 g/mol. The molecule has 7 nitrogen and oxygen atoms in total. The highest BCUT2D eigenvalue weighted by Gasteiger charge is 2.10. The SMILES string of the molecule is CN(C)CC=CC(=O)Nc1cc(-c2cnc3[nH]cc(-c4ccc(F)nc4)c3c2)ccn1. The average Bonchev–Trinajstić information content (AvgIpc) is 3.17. The number of rotatable bonds is 6. The van der Waals surface area contributed by atoms with Crippen LogP contribution in [0.15, 0.2) is 67.3 Å². The number of H-pyrrole nitrogens is 1. The first-order valence-electron chi connectivity index (χ1n) is 9.67. The quantitative estimate of drug-likeness (QED) is 0.368. The Kier molecular flexibility index (Phi) is 5.81. The second kappa shape index (κ2) is 8.85. The Bertz CT molecular complexity index is 1250. The number of nitrogens with zero attached hydrogens (tertiary/aromatic N) is 4. The third-order valence-electron chi connectivity index (χ3n) is 4.65. The van der Waals surface area contributed by atoms with Gasteiger partial charge in [0.05, 0.1) is 0 Å². The molecule has 2 N–H and O–H groups in total. The van der Waals surface area contributed by atoms with Crippen molar-refractivity contribution in [1.29, 1.82) is 0 Å². The largest absolute Gasteiger partial charge is 0.346 e. The van der Waals surface area contributed by atoms with E-state index in [0.717, 1.165) is 33.3 Å². The standard InChI is InChI=1S/C23H21FN6O/c1-30(2)9-3-4-22(31)29-21-11-15(7-8-25-21)17-10-18-19(14-28-23(18)27-13-17)16-5-6-20(24)26-12-16/h3-8,10-14H,9H2,1-2H3,(H,27,28)(H,25,29,31). The number of carbonyl (C=O) groups excluding carboxylic acids is 1. The van der Waals surface area contributed by atoms with Crippen LogP contribution in [-0.4, -0.2) is 51.4 Å². The van der Waals surface area contributed by atoms with Crippen LogP contribution in [0.2, 0.25) is 0 Å². The minimum absolute atomic E-state index is 0.239. The number of fused-ring (bicyclic) bond motifs is 1. The summed E-state index contributed by atoms with van der Waals surface area (Å²) < 4.78 is 13.2. The maximum atomic E-state index is 13.2. The molecule has 0 saturated carbocycles. The van der Waals surface area contributed by atoms with Crippen LogP contribution in [0.5, 0.6) is 0 Å². The molecule has 4 heterocycles. The van der Waals surface area contributed by atoms with Crippen molar-refractivity contribution in [3.8, 4) is 22.3 Å². The van der Waals surface area contributed by atoms with E-state index in [9.17, 15) is 9.18 Å². The summed E-state index contributed by atoms with van der Waals surface area (Å²) in [6.45, 7) is 0.676. The molecule has 0 radical (unpaired) electrons. The molecule has 0 unspecified atom stereocenters. The fraction of sp³-hybridized carbons (Fsp3) is 0.130. The number of nitrogens with one attached hydrogen (secondary N) is 2. The molecule has 0 spiro atoms. The lowest BCUT2D eigenvalue weighted by Crippen LogP contribution is -2.13. The van der Waals surface area contributed by atoms with Crippen molar-refractivity contribution in [2.24, 2.45) is 0 Å². The lowest BCUT2D eigenvalue weighted by atomic mass is 10.0. The summed E-state index contributed by atoms with van der Waals surface area (Å²) in [6, 6.07) is 8.66. The molecular formula is C23H21FN6O. The molecule has 8 heteroatoms. The lowest BCUT2D eigenvalue weighted by Gasteiger charge is -2.07. The molecule has 0 saturated heterocycles. The van der Waals surface area contributed by atoms with Crippen molar-refractivity contribution in [2.75, 3.05) is 26.0 Å². The molecule has 0 atom stereocenters. The maximum Gasteiger partial charge on any atom is 0.249 e. The second-order valence-corrected chi connectivity index (χ2v) is 7.28. The van der Waals surface area contributed by atoms with Crippen molar-refractivity contribution in [3.05, 3.63) is 73.2 Å². The summed E-state index contributed by atoms with van der Waals surface area (Å²) in [7, 11) is 3.86. The van der Waals surface area contributed by atoms with E-state index in [4.69, 9.17) is 0 Å². The van der Waals surface area contributed by atoms with Crippen LogP contribution in [0.3, 0.4) is 0 Å². The molecule has 31 heavy (non-hydrogen) atoms. The van der Waals surface area contributed by atoms with Gasteiger partial charge in [-0.15, -0.1) is 0 Å². The first-order chi connectivity index (χ1) is 15.0. The average molecular weight is 416 g/mol. The molecule has 0 aliphatic rings. The van der Waals surface area contributed by atoms with Gasteiger partial charge in [-0.2, -0.15) is 4.39 Å². The zero-order chi connectivity index (χ0) is 21.8. The van der Waals surface area contributed by atoms with Gasteiger partial charge in [-0.25, -0.2) is 15.0 Å². The summed E-state index contributed by atoms with van der Waals surface area (Å²) >= 11 is 0. The highest BCUT2D eigenvalue weighted by Crippen LogP contribution is 2.31. The first kappa shape index (κ1) is 20.4. The Labute approximate surface area is 178 Å². The van der Waals surface area contributed by atoms with Gasteiger partial charge in [0.1, 0.15) is 11.5 Å². The molecule has 1 amide bonds. The Morgan fingerprint density at radius 1 is 1.10 bits per heavy atom. The molecule has 0 fully saturated rings. The van der Waals surface area contributed by atoms with Gasteiger partial charge < -0.3 is 15.2 Å². The van der Waals surface area contributed by atoms with E-state index in [1.165, 1.54) is 18.3 Å². The number of pyridine rings is 3. The van der Waals surface area contributed by atoms with E-state index >= 15 is 0 Å². The van der Waals surface area contributed by atoms with Crippen molar-refractivity contribution >= 4 is 22.8 Å². The summed E-state index contributed by atoms with van der Waals surface area (Å²) in [5, 5.41) is 3.66. The number of carbonyl (C=O) groups is 1. The van der Waals surface area contributed by atoms with E-state index in [0.29, 0.717) is 12.4 Å². The number of hydrogen-bond donors (Lipinski definition) is 2. The Morgan fingerprint density at radius 2 is 1.94 bits per heavy atom. The van der Waals surface area contributed by atoms with Gasteiger partial charge in [0.2, 0.25) is 11.9 Å². The molecular weight excluding hydrogens is 395 g/mol. The Balaban J connectivity index is 1.61. The fourth-order valence-corrected chi connectivity index (χ4v) is 3.15. The van der Waals surface area contributed by atoms with Crippen LogP contribution < -0.4 is 5.32 Å². The number of amides is 1. The van der Waals surface area contributed by atoms with Crippen LogP contribution in [0, 0.1) is 5.95 Å². The van der Waals surface area contributed by atoms with Crippen molar-refractivity contribution in [3.63, 3.8) is 0 Å². The van der Waals surface area contributed by atoms with Gasteiger partial charge in [-0.3, -0.25) is 4.79 Å². The summed E-state index contributed by atoms with van der Waals surface area (Å²) in [5.74, 6) is -0.309. The van der Waals surface area contributed by atoms with Gasteiger partial charge in [0, 0.05) is 59.5 Å². The number of hydrogen-bond acceptors (Lipinski definition) is 5. The smallest absolute Gasteiger partial charge is 0.249 e. The number of aromatic nitrogens is 4. The molecule has 0 bridgehead atoms. The summed E-state index contributed by atoms with van der Waals surface area (Å²) in [4.78, 5) is 29.7. The third kappa shape index (κ3) is 4.81. The minimum Gasteiger partial charge on any atom is -0.346 e. The van der Waals surface area contributed by atoms with Crippen LogP contribution >= 0.6 is 0 Å². The van der Waals surface area contributed by atoms with Crippen LogP contribution in [-0.2, 0) is 4.79 Å². The van der Waals surface area contributed by atoms with E-state index < -0.39 is 5.95 Å². The summed E-state index contributed by atoms with van der Waals surface area (Å²) in [6.07, 6.45) is 9.99. The topological polar surface area (TPSA) is 86.8 Å². The molecule has 156 valence electrons. The van der Waals surface area contributed by atoms with E-state index in [2.05, 4.69) is 25.3 Å². The van der Waals surface area contributed by atoms with E-state index in [1.54, 1.807) is 30.6 Å². The molecule has 4 aromatic heterocycles. The molecule has 0 aliphatic heterocycles. The van der Waals surface area contributed by atoms with Gasteiger partial charge in [0.25, 0.3) is 0 Å². The van der Waals surface area contributed by atoms with Crippen LogP contribution in [0.1, 0.15) is 0 Å². The van der Waals surface area contributed by atoms with Gasteiger partial charge in [-0.05, 0) is 50.0 Å².